The van der Waals surface area contributed by atoms with Gasteiger partial charge in [-0.05, 0) is 31.5 Å². The van der Waals surface area contributed by atoms with E-state index in [4.69, 9.17) is 0 Å². The lowest BCUT2D eigenvalue weighted by Crippen LogP contribution is -2.29. The highest BCUT2D eigenvalue weighted by Crippen LogP contribution is 2.28. The van der Waals surface area contributed by atoms with Gasteiger partial charge in [-0.3, -0.25) is 14.6 Å². The fourth-order valence-electron chi connectivity index (χ4n) is 2.37. The molecule has 2 heterocycles. The van der Waals surface area contributed by atoms with E-state index in [0.29, 0.717) is 12.3 Å². The van der Waals surface area contributed by atoms with Crippen molar-refractivity contribution < 1.29 is 9.59 Å². The highest BCUT2D eigenvalue weighted by molar-refractivity contribution is 8.14. The molecule has 0 aliphatic carbocycles. The summed E-state index contributed by atoms with van der Waals surface area (Å²) in [5.74, 6) is -0.176. The van der Waals surface area contributed by atoms with Crippen LogP contribution < -0.4 is 10.7 Å². The minimum absolute atomic E-state index is 0.0339. The Kier molecular flexibility index (Phi) is 3.50. The maximum atomic E-state index is 11.9. The summed E-state index contributed by atoms with van der Waals surface area (Å²) < 4.78 is 0. The van der Waals surface area contributed by atoms with Crippen LogP contribution in [0.25, 0.3) is 0 Å². The van der Waals surface area contributed by atoms with Crippen LogP contribution in [0.15, 0.2) is 28.3 Å². The van der Waals surface area contributed by atoms with Crippen molar-refractivity contribution in [1.82, 2.24) is 5.43 Å². The first kappa shape index (κ1) is 13.8. The zero-order valence-corrected chi connectivity index (χ0v) is 12.5. The molecule has 2 N–H and O–H groups in total. The molecule has 0 fully saturated rings. The highest BCUT2D eigenvalue weighted by Gasteiger charge is 2.28. The van der Waals surface area contributed by atoms with E-state index >= 15 is 0 Å². The third kappa shape index (κ3) is 2.44. The number of thioether (sulfide) groups is 1. The molecule has 0 radical (unpaired) electrons. The van der Waals surface area contributed by atoms with Crippen LogP contribution in [-0.2, 0) is 4.79 Å². The Morgan fingerprint density at radius 2 is 2.19 bits per heavy atom. The molecule has 21 heavy (non-hydrogen) atoms. The number of hydrogen-bond donors (Lipinski definition) is 2. The number of fused-ring (bicyclic) bond motifs is 1. The number of anilines is 1. The number of hydrazone groups is 1. The molecule has 6 nitrogen and oxygen atoms in total. The fraction of sp³-hybridized carbons (Fsp3) is 0.286. The summed E-state index contributed by atoms with van der Waals surface area (Å²) >= 11 is 1.20. The summed E-state index contributed by atoms with van der Waals surface area (Å²) in [7, 11) is 0. The Hall–Kier alpha value is -2.15. The summed E-state index contributed by atoms with van der Waals surface area (Å²) in [5, 5.41) is 6.74. The molecule has 0 bridgehead atoms. The number of carbonyl (C=O) groups excluding carboxylic acids is 2. The molecule has 2 aliphatic rings. The molecule has 0 saturated heterocycles. The normalized spacial score (nSPS) is 22.7. The predicted octanol–water partition coefficient (Wildman–Crippen LogP) is 2.00. The average Bonchev–Trinajstić information content (AvgIpc) is 2.75. The third-order valence-corrected chi connectivity index (χ3v) is 4.17. The van der Waals surface area contributed by atoms with Crippen molar-refractivity contribution in [2.45, 2.75) is 19.1 Å². The zero-order chi connectivity index (χ0) is 15.0. The second-order valence-electron chi connectivity index (χ2n) is 4.69. The van der Waals surface area contributed by atoms with Gasteiger partial charge in [0.2, 0.25) is 0 Å². The van der Waals surface area contributed by atoms with Gasteiger partial charge in [0.1, 0.15) is 5.71 Å². The molecule has 1 atom stereocenters. The lowest BCUT2D eigenvalue weighted by atomic mass is 10.0. The largest absolute Gasteiger partial charge is 0.320 e. The van der Waals surface area contributed by atoms with Crippen LogP contribution in [-0.4, -0.2) is 34.4 Å². The Morgan fingerprint density at radius 3 is 2.90 bits per heavy atom. The van der Waals surface area contributed by atoms with Crippen molar-refractivity contribution in [2.75, 3.05) is 11.9 Å². The molecule has 1 aromatic carbocycles. The predicted molar refractivity (Wildman–Crippen MR) is 84.3 cm³/mol. The van der Waals surface area contributed by atoms with Gasteiger partial charge in [0.25, 0.3) is 11.1 Å². The van der Waals surface area contributed by atoms with Gasteiger partial charge in [-0.1, -0.05) is 17.8 Å². The van der Waals surface area contributed by atoms with Crippen LogP contribution in [0.2, 0.25) is 0 Å². The number of aliphatic imine (C=N–C) groups is 1. The second kappa shape index (κ2) is 5.33. The van der Waals surface area contributed by atoms with Crippen LogP contribution in [0, 0.1) is 0 Å². The van der Waals surface area contributed by atoms with E-state index in [1.54, 1.807) is 0 Å². The average molecular weight is 302 g/mol. The summed E-state index contributed by atoms with van der Waals surface area (Å²) in [6, 6.07) is 5.63. The Morgan fingerprint density at radius 1 is 1.38 bits per heavy atom. The summed E-state index contributed by atoms with van der Waals surface area (Å²) in [4.78, 5) is 27.4. The fourth-order valence-corrected chi connectivity index (χ4v) is 3.09. The van der Waals surface area contributed by atoms with Gasteiger partial charge in [-0.25, -0.2) is 5.43 Å². The third-order valence-electron chi connectivity index (χ3n) is 3.29. The second-order valence-corrected chi connectivity index (χ2v) is 6.01. The molecule has 2 aliphatic heterocycles. The van der Waals surface area contributed by atoms with Crippen molar-refractivity contribution in [3.05, 3.63) is 29.3 Å². The van der Waals surface area contributed by atoms with Gasteiger partial charge in [0.05, 0.1) is 16.6 Å². The summed E-state index contributed by atoms with van der Waals surface area (Å²) in [6.07, 6.45) is 0. The first-order valence-electron chi connectivity index (χ1n) is 6.65. The van der Waals surface area contributed by atoms with Crippen molar-refractivity contribution in [2.24, 2.45) is 10.1 Å². The van der Waals surface area contributed by atoms with Gasteiger partial charge >= 0.3 is 0 Å². The van der Waals surface area contributed by atoms with E-state index in [1.807, 2.05) is 32.0 Å². The lowest BCUT2D eigenvalue weighted by molar-refractivity contribution is -0.110. The van der Waals surface area contributed by atoms with Gasteiger partial charge in [-0.15, -0.1) is 0 Å². The van der Waals surface area contributed by atoms with Crippen LogP contribution in [0.1, 0.15) is 25.0 Å². The molecule has 7 heteroatoms. The maximum absolute atomic E-state index is 11.9. The van der Waals surface area contributed by atoms with Crippen molar-refractivity contribution in [3.63, 3.8) is 0 Å². The van der Waals surface area contributed by atoms with Crippen molar-refractivity contribution in [1.29, 1.82) is 0 Å². The number of hydrogen-bond acceptors (Lipinski definition) is 5. The first-order valence-corrected chi connectivity index (χ1v) is 7.53. The minimum Gasteiger partial charge on any atom is -0.320 e. The molecule has 0 aromatic heterocycles. The summed E-state index contributed by atoms with van der Waals surface area (Å²) in [5.41, 5.74) is 6.15. The smallest absolute Gasteiger partial charge is 0.299 e. The molecule has 2 amide bonds. The van der Waals surface area contributed by atoms with E-state index in [-0.39, 0.29) is 16.4 Å². The molecule has 0 saturated carbocycles. The van der Waals surface area contributed by atoms with E-state index in [1.165, 1.54) is 11.8 Å². The van der Waals surface area contributed by atoms with E-state index in [0.717, 1.165) is 22.5 Å². The van der Waals surface area contributed by atoms with E-state index < -0.39 is 0 Å². The number of benzene rings is 1. The molecule has 3 rings (SSSR count). The quantitative estimate of drug-likeness (QED) is 0.876. The van der Waals surface area contributed by atoms with Crippen LogP contribution in [0.4, 0.5) is 10.5 Å². The molecule has 1 aromatic rings. The van der Waals surface area contributed by atoms with Gasteiger partial charge in [0.15, 0.2) is 0 Å². The van der Waals surface area contributed by atoms with Gasteiger partial charge < -0.3 is 5.32 Å². The number of nitrogens with zero attached hydrogens (tertiary/aromatic N) is 2. The SMILES string of the molecule is CCN=C1C(=O)Nc2ccc(C3=NNC(=O)SC3C)cc21. The molecule has 1 unspecified atom stereocenters. The summed E-state index contributed by atoms with van der Waals surface area (Å²) in [6.45, 7) is 4.37. The van der Waals surface area contributed by atoms with Crippen LogP contribution in [0.5, 0.6) is 0 Å². The van der Waals surface area contributed by atoms with Gasteiger partial charge in [0, 0.05) is 12.1 Å². The minimum atomic E-state index is -0.176. The molecule has 108 valence electrons. The topological polar surface area (TPSA) is 82.9 Å². The van der Waals surface area contributed by atoms with E-state index in [2.05, 4.69) is 20.8 Å². The number of nitrogens with one attached hydrogen (secondary N) is 2. The highest BCUT2D eigenvalue weighted by atomic mass is 32.2. The zero-order valence-electron chi connectivity index (χ0n) is 11.6. The van der Waals surface area contributed by atoms with Crippen LogP contribution in [0.3, 0.4) is 0 Å². The van der Waals surface area contributed by atoms with Crippen molar-refractivity contribution in [3.8, 4) is 0 Å². The molecular weight excluding hydrogens is 288 g/mol. The van der Waals surface area contributed by atoms with Gasteiger partial charge in [-0.2, -0.15) is 5.10 Å². The number of amides is 2. The Labute approximate surface area is 126 Å². The monoisotopic (exact) mass is 302 g/mol. The van der Waals surface area contributed by atoms with Crippen LogP contribution >= 0.6 is 11.8 Å². The maximum Gasteiger partial charge on any atom is 0.299 e. The Bertz CT molecular complexity index is 696. The standard InChI is InChI=1S/C14H14N4O2S/c1-3-15-12-9-6-8(4-5-10(9)16-13(12)19)11-7(2)21-14(20)18-17-11/h4-7H,3H2,1-2H3,(H,18,20)(H,15,16,19). The first-order chi connectivity index (χ1) is 10.1. The lowest BCUT2D eigenvalue weighted by Gasteiger charge is -2.18. The number of rotatable bonds is 2. The number of carbonyl (C=O) groups is 2. The van der Waals surface area contributed by atoms with Crippen molar-refractivity contribution >= 4 is 40.0 Å². The van der Waals surface area contributed by atoms with E-state index in [9.17, 15) is 9.59 Å². The molecular formula is C14H14N4O2S. The Balaban J connectivity index is 2.03. The molecule has 0 spiro atoms.